The van der Waals surface area contributed by atoms with Crippen LogP contribution in [0.2, 0.25) is 5.02 Å². The molecule has 4 rings (SSSR count). The van der Waals surface area contributed by atoms with Gasteiger partial charge in [0.1, 0.15) is 0 Å². The van der Waals surface area contributed by atoms with Crippen molar-refractivity contribution in [2.75, 3.05) is 27.1 Å². The van der Waals surface area contributed by atoms with E-state index in [1.165, 1.54) is 0 Å². The summed E-state index contributed by atoms with van der Waals surface area (Å²) < 4.78 is 18.1. The zero-order valence-electron chi connectivity index (χ0n) is 16.7. The van der Waals surface area contributed by atoms with Gasteiger partial charge in [0.05, 0.1) is 13.2 Å². The van der Waals surface area contributed by atoms with E-state index in [4.69, 9.17) is 25.8 Å². The maximum atomic E-state index is 13.2. The summed E-state index contributed by atoms with van der Waals surface area (Å²) in [6, 6.07) is 17.1. The Hall–Kier alpha value is -2.96. The second-order valence-electron chi connectivity index (χ2n) is 7.04. The predicted molar refractivity (Wildman–Crippen MR) is 114 cm³/mol. The summed E-state index contributed by atoms with van der Waals surface area (Å²) in [5.74, 6) is 1.17. The molecule has 1 aliphatic heterocycles. The number of amides is 1. The molecule has 2 heterocycles. The van der Waals surface area contributed by atoms with E-state index >= 15 is 0 Å². The van der Waals surface area contributed by atoms with Gasteiger partial charge in [0.25, 0.3) is 5.91 Å². The Morgan fingerprint density at radius 1 is 1.13 bits per heavy atom. The van der Waals surface area contributed by atoms with Gasteiger partial charge >= 0.3 is 0 Å². The highest BCUT2D eigenvalue weighted by Crippen LogP contribution is 2.33. The van der Waals surface area contributed by atoms with Crippen molar-refractivity contribution in [3.63, 3.8) is 0 Å². The first-order valence-electron chi connectivity index (χ1n) is 9.70. The molecule has 0 spiro atoms. The number of fused-ring (bicyclic) bond motifs is 1. The maximum Gasteiger partial charge on any atom is 0.254 e. The number of methoxy groups -OCH3 is 1. The molecule has 0 saturated heterocycles. The van der Waals surface area contributed by atoms with E-state index in [0.29, 0.717) is 48.3 Å². The number of rotatable bonds is 8. The van der Waals surface area contributed by atoms with Gasteiger partial charge in [-0.25, -0.2) is 0 Å². The van der Waals surface area contributed by atoms with Crippen LogP contribution in [0.4, 0.5) is 0 Å². The van der Waals surface area contributed by atoms with Crippen molar-refractivity contribution in [3.05, 3.63) is 82.6 Å². The first-order chi connectivity index (χ1) is 14.6. The monoisotopic (exact) mass is 426 g/mol. The minimum atomic E-state index is -0.0825. The van der Waals surface area contributed by atoms with Crippen LogP contribution in [0, 0.1) is 0 Å². The molecule has 0 bridgehead atoms. The Bertz CT molecular complexity index is 1030. The third-order valence-electron chi connectivity index (χ3n) is 4.99. The predicted octanol–water partition coefficient (Wildman–Crippen LogP) is 4.21. The fourth-order valence-electron chi connectivity index (χ4n) is 3.44. The molecule has 156 valence electrons. The highest BCUT2D eigenvalue weighted by Gasteiger charge is 2.21. The van der Waals surface area contributed by atoms with Crippen LogP contribution in [0.15, 0.2) is 60.8 Å². The van der Waals surface area contributed by atoms with E-state index in [0.717, 1.165) is 11.3 Å². The molecular formula is C23H23ClN2O4. The Balaban J connectivity index is 1.54. The van der Waals surface area contributed by atoms with E-state index in [2.05, 4.69) is 4.57 Å². The lowest BCUT2D eigenvalue weighted by Gasteiger charge is -2.23. The van der Waals surface area contributed by atoms with Crippen molar-refractivity contribution < 1.29 is 19.0 Å². The molecule has 1 amide bonds. The molecule has 6 nitrogen and oxygen atoms in total. The number of hydrogen-bond acceptors (Lipinski definition) is 4. The van der Waals surface area contributed by atoms with Crippen LogP contribution in [0.5, 0.6) is 11.5 Å². The summed E-state index contributed by atoms with van der Waals surface area (Å²) in [5, 5.41) is 0.709. The first kappa shape index (κ1) is 20.3. The number of halogens is 1. The smallest absolute Gasteiger partial charge is 0.254 e. The summed E-state index contributed by atoms with van der Waals surface area (Å²) in [5.41, 5.74) is 2.69. The van der Waals surface area contributed by atoms with Crippen molar-refractivity contribution in [1.82, 2.24) is 9.47 Å². The normalized spacial score (nSPS) is 12.2. The summed E-state index contributed by atoms with van der Waals surface area (Å²) in [4.78, 5) is 15.0. The lowest BCUT2D eigenvalue weighted by Crippen LogP contribution is -2.34. The molecule has 30 heavy (non-hydrogen) atoms. The van der Waals surface area contributed by atoms with E-state index < -0.39 is 0 Å². The summed E-state index contributed by atoms with van der Waals surface area (Å²) in [6.07, 6.45) is 2.01. The second kappa shape index (κ2) is 9.24. The van der Waals surface area contributed by atoms with E-state index in [9.17, 15) is 4.79 Å². The van der Waals surface area contributed by atoms with Gasteiger partial charge in [-0.1, -0.05) is 23.7 Å². The van der Waals surface area contributed by atoms with Crippen LogP contribution in [0.25, 0.3) is 0 Å². The Kier molecular flexibility index (Phi) is 6.26. The zero-order valence-corrected chi connectivity index (χ0v) is 17.5. The maximum absolute atomic E-state index is 13.2. The van der Waals surface area contributed by atoms with Crippen LogP contribution < -0.4 is 9.47 Å². The van der Waals surface area contributed by atoms with Crippen molar-refractivity contribution in [2.45, 2.75) is 13.1 Å². The highest BCUT2D eigenvalue weighted by molar-refractivity contribution is 6.30. The van der Waals surface area contributed by atoms with Crippen molar-refractivity contribution in [1.29, 1.82) is 0 Å². The molecule has 7 heteroatoms. The van der Waals surface area contributed by atoms with E-state index in [1.54, 1.807) is 30.2 Å². The van der Waals surface area contributed by atoms with Gasteiger partial charge in [-0.2, -0.15) is 0 Å². The lowest BCUT2D eigenvalue weighted by molar-refractivity contribution is 0.0675. The summed E-state index contributed by atoms with van der Waals surface area (Å²) in [6.45, 7) is 2.25. The molecule has 0 N–H and O–H groups in total. The third-order valence-corrected chi connectivity index (χ3v) is 5.23. The lowest BCUT2D eigenvalue weighted by atomic mass is 10.1. The molecule has 3 aromatic rings. The topological polar surface area (TPSA) is 52.9 Å². The van der Waals surface area contributed by atoms with Crippen LogP contribution in [-0.2, 0) is 17.8 Å². The highest BCUT2D eigenvalue weighted by atomic mass is 35.5. The fraction of sp³-hybridized carbons (Fsp3) is 0.261. The first-order valence-corrected chi connectivity index (χ1v) is 10.1. The number of aromatic nitrogens is 1. The minimum absolute atomic E-state index is 0.0825. The quantitative estimate of drug-likeness (QED) is 0.541. The van der Waals surface area contributed by atoms with E-state index in [1.807, 2.05) is 42.6 Å². The minimum Gasteiger partial charge on any atom is -0.454 e. The number of benzene rings is 2. The Morgan fingerprint density at radius 2 is 2.00 bits per heavy atom. The molecule has 0 radical (unpaired) electrons. The standard InChI is InChI=1S/C23H23ClN2O4/c1-28-11-10-26(23(27)18-7-8-21-22(13-18)30-16-29-21)15-20-6-3-9-25(20)14-17-4-2-5-19(24)12-17/h2-9,12-13H,10-11,14-16H2,1H3. The average Bonchev–Trinajstić information content (AvgIpc) is 3.39. The molecule has 0 atom stereocenters. The van der Waals surface area contributed by atoms with Gasteiger partial charge in [-0.3, -0.25) is 4.79 Å². The largest absolute Gasteiger partial charge is 0.454 e. The third kappa shape index (κ3) is 4.61. The number of carbonyl (C=O) groups excluding carboxylic acids is 1. The number of hydrogen-bond donors (Lipinski definition) is 0. The molecule has 0 saturated carbocycles. The molecular weight excluding hydrogens is 404 g/mol. The molecule has 0 fully saturated rings. The van der Waals surface area contributed by atoms with Crippen LogP contribution in [0.1, 0.15) is 21.6 Å². The average molecular weight is 427 g/mol. The van der Waals surface area contributed by atoms with Gasteiger partial charge in [-0.15, -0.1) is 0 Å². The van der Waals surface area contributed by atoms with E-state index in [-0.39, 0.29) is 12.7 Å². The van der Waals surface area contributed by atoms with Crippen LogP contribution in [0.3, 0.4) is 0 Å². The summed E-state index contributed by atoms with van der Waals surface area (Å²) in [7, 11) is 1.63. The fourth-order valence-corrected chi connectivity index (χ4v) is 3.65. The van der Waals surface area contributed by atoms with Gasteiger partial charge in [0.15, 0.2) is 11.5 Å². The van der Waals surface area contributed by atoms with Gasteiger partial charge in [0, 0.05) is 42.7 Å². The molecule has 1 aromatic heterocycles. The SMILES string of the molecule is COCCN(Cc1cccn1Cc1cccc(Cl)c1)C(=O)c1ccc2c(c1)OCO2. The van der Waals surface area contributed by atoms with Crippen LogP contribution >= 0.6 is 11.6 Å². The molecule has 1 aliphatic rings. The number of nitrogens with zero attached hydrogens (tertiary/aromatic N) is 2. The number of ether oxygens (including phenoxy) is 3. The van der Waals surface area contributed by atoms with Gasteiger partial charge < -0.3 is 23.7 Å². The van der Waals surface area contributed by atoms with Crippen molar-refractivity contribution in [3.8, 4) is 11.5 Å². The molecule has 0 aliphatic carbocycles. The second-order valence-corrected chi connectivity index (χ2v) is 7.48. The Morgan fingerprint density at radius 3 is 2.83 bits per heavy atom. The molecule has 2 aromatic carbocycles. The Labute approximate surface area is 180 Å². The number of carbonyl (C=O) groups is 1. The van der Waals surface area contributed by atoms with Gasteiger partial charge in [-0.05, 0) is 48.0 Å². The van der Waals surface area contributed by atoms with Crippen LogP contribution in [-0.4, -0.2) is 42.4 Å². The zero-order chi connectivity index (χ0) is 20.9. The van der Waals surface area contributed by atoms with Gasteiger partial charge in [0.2, 0.25) is 6.79 Å². The van der Waals surface area contributed by atoms with Crippen molar-refractivity contribution >= 4 is 17.5 Å². The molecule has 0 unspecified atom stereocenters. The summed E-state index contributed by atoms with van der Waals surface area (Å²) >= 11 is 6.12. The van der Waals surface area contributed by atoms with Crippen molar-refractivity contribution in [2.24, 2.45) is 0 Å².